The van der Waals surface area contributed by atoms with E-state index in [0.29, 0.717) is 11.4 Å². The molecule has 1 aliphatic heterocycles. The summed E-state index contributed by atoms with van der Waals surface area (Å²) in [5.41, 5.74) is 1.31. The number of amides is 1. The van der Waals surface area contributed by atoms with E-state index in [1.807, 2.05) is 12.1 Å². The number of benzene rings is 2. The van der Waals surface area contributed by atoms with Crippen molar-refractivity contribution in [2.45, 2.75) is 81.8 Å². The average molecular weight is 471 g/mol. The molecule has 1 amide bonds. The highest BCUT2D eigenvalue weighted by atomic mass is 32.2. The summed E-state index contributed by atoms with van der Waals surface area (Å²) in [4.78, 5) is 13.4. The number of ether oxygens (including phenoxy) is 1. The van der Waals surface area contributed by atoms with Gasteiger partial charge in [-0.1, -0.05) is 70.7 Å². The molecule has 178 valence electrons. The van der Waals surface area contributed by atoms with Gasteiger partial charge in [0.05, 0.1) is 17.1 Å². The first-order valence-corrected chi connectivity index (χ1v) is 13.3. The third-order valence-electron chi connectivity index (χ3n) is 6.52. The minimum absolute atomic E-state index is 0.0591. The van der Waals surface area contributed by atoms with Gasteiger partial charge < -0.3 is 10.1 Å². The van der Waals surface area contributed by atoms with E-state index in [1.54, 1.807) is 36.4 Å². The fourth-order valence-corrected chi connectivity index (χ4v) is 6.01. The molecule has 0 spiro atoms. The van der Waals surface area contributed by atoms with Crippen LogP contribution >= 0.6 is 0 Å². The molecule has 2 aliphatic rings. The molecule has 0 bridgehead atoms. The second-order valence-electron chi connectivity index (χ2n) is 10.1. The van der Waals surface area contributed by atoms with Gasteiger partial charge in [0.1, 0.15) is 5.75 Å². The number of carbonyl (C=O) groups is 1. The quantitative estimate of drug-likeness (QED) is 0.653. The number of carbonyl (C=O) groups excluding carboxylic acids is 1. The van der Waals surface area contributed by atoms with Crippen molar-refractivity contribution in [3.8, 4) is 5.75 Å². The third kappa shape index (κ3) is 5.18. The second kappa shape index (κ2) is 9.37. The number of nitrogens with zero attached hydrogens (tertiary/aromatic N) is 1. The lowest BCUT2D eigenvalue weighted by Crippen LogP contribution is -2.52. The van der Waals surface area contributed by atoms with Gasteiger partial charge in [0.15, 0.2) is 6.10 Å². The standard InChI is InChI=1S/C26H34N2O4S/c1-26(2,3)19-15-16-23-22(17-19)28(33(30,31)21-13-9-6-10-14-21)18-24(32-23)25(29)27-20-11-7-4-5-8-12-20/h6,9-10,13-17,20,24H,4-5,7-8,11-12,18H2,1-3H3,(H,27,29). The summed E-state index contributed by atoms with van der Waals surface area (Å²) >= 11 is 0. The number of rotatable bonds is 4. The summed E-state index contributed by atoms with van der Waals surface area (Å²) in [7, 11) is -3.87. The summed E-state index contributed by atoms with van der Waals surface area (Å²) in [6, 6.07) is 14.1. The lowest BCUT2D eigenvalue weighted by Gasteiger charge is -2.36. The maximum Gasteiger partial charge on any atom is 0.264 e. The smallest absolute Gasteiger partial charge is 0.264 e. The van der Waals surface area contributed by atoms with Gasteiger partial charge in [0.25, 0.3) is 15.9 Å². The zero-order chi connectivity index (χ0) is 23.6. The van der Waals surface area contributed by atoms with Crippen LogP contribution in [0.5, 0.6) is 5.75 Å². The molecular weight excluding hydrogens is 436 g/mol. The molecule has 1 aliphatic carbocycles. The van der Waals surface area contributed by atoms with Crippen LogP contribution in [0.3, 0.4) is 0 Å². The van der Waals surface area contributed by atoms with Crippen LogP contribution in [-0.4, -0.2) is 33.0 Å². The van der Waals surface area contributed by atoms with E-state index < -0.39 is 16.1 Å². The Hall–Kier alpha value is -2.54. The predicted molar refractivity (Wildman–Crippen MR) is 130 cm³/mol. The normalized spacial score (nSPS) is 19.8. The molecule has 1 atom stereocenters. The van der Waals surface area contributed by atoms with Crippen LogP contribution in [0.1, 0.15) is 64.9 Å². The third-order valence-corrected chi connectivity index (χ3v) is 8.31. The highest BCUT2D eigenvalue weighted by Gasteiger charge is 2.38. The van der Waals surface area contributed by atoms with Crippen LogP contribution in [0.15, 0.2) is 53.4 Å². The Kier molecular flexibility index (Phi) is 6.71. The van der Waals surface area contributed by atoms with Crippen molar-refractivity contribution in [2.24, 2.45) is 0 Å². The van der Waals surface area contributed by atoms with Gasteiger partial charge in [0.2, 0.25) is 0 Å². The van der Waals surface area contributed by atoms with Crippen molar-refractivity contribution in [1.29, 1.82) is 0 Å². The van der Waals surface area contributed by atoms with Gasteiger partial charge >= 0.3 is 0 Å². The Morgan fingerprint density at radius 3 is 2.30 bits per heavy atom. The second-order valence-corrected chi connectivity index (χ2v) is 11.9. The van der Waals surface area contributed by atoms with E-state index in [4.69, 9.17) is 4.74 Å². The first kappa shape index (κ1) is 23.6. The summed E-state index contributed by atoms with van der Waals surface area (Å²) < 4.78 is 34.7. The molecule has 0 aromatic heterocycles. The fraction of sp³-hybridized carbons (Fsp3) is 0.500. The van der Waals surface area contributed by atoms with Crippen molar-refractivity contribution in [1.82, 2.24) is 5.32 Å². The Bertz CT molecular complexity index is 1090. The maximum atomic E-state index is 13.7. The largest absolute Gasteiger partial charge is 0.476 e. The minimum atomic E-state index is -3.87. The average Bonchev–Trinajstić information content (AvgIpc) is 3.06. The molecule has 1 saturated carbocycles. The van der Waals surface area contributed by atoms with Crippen molar-refractivity contribution in [2.75, 3.05) is 10.8 Å². The molecule has 33 heavy (non-hydrogen) atoms. The van der Waals surface area contributed by atoms with Crippen molar-refractivity contribution < 1.29 is 17.9 Å². The SMILES string of the molecule is CC(C)(C)c1ccc2c(c1)N(S(=O)(=O)c1ccccc1)CC(C(=O)NC1CCCCCC1)O2. The van der Waals surface area contributed by atoms with E-state index in [0.717, 1.165) is 31.2 Å². The summed E-state index contributed by atoms with van der Waals surface area (Å²) in [5, 5.41) is 3.12. The van der Waals surface area contributed by atoms with Gasteiger partial charge in [-0.25, -0.2) is 8.42 Å². The molecule has 2 aromatic rings. The minimum Gasteiger partial charge on any atom is -0.476 e. The van der Waals surface area contributed by atoms with E-state index in [-0.39, 0.29) is 28.8 Å². The maximum absolute atomic E-state index is 13.7. The Morgan fingerprint density at radius 2 is 1.67 bits per heavy atom. The molecule has 4 rings (SSSR count). The molecule has 1 fully saturated rings. The fourth-order valence-electron chi connectivity index (χ4n) is 4.52. The molecule has 1 heterocycles. The van der Waals surface area contributed by atoms with Gasteiger partial charge in [-0.3, -0.25) is 9.10 Å². The zero-order valence-electron chi connectivity index (χ0n) is 19.7. The van der Waals surface area contributed by atoms with Crippen LogP contribution in [0, 0.1) is 0 Å². The lowest BCUT2D eigenvalue weighted by molar-refractivity contribution is -0.128. The van der Waals surface area contributed by atoms with E-state index >= 15 is 0 Å². The number of nitrogens with one attached hydrogen (secondary N) is 1. The molecular formula is C26H34N2O4S. The Morgan fingerprint density at radius 1 is 1.00 bits per heavy atom. The Balaban J connectivity index is 1.68. The van der Waals surface area contributed by atoms with Crippen molar-refractivity contribution in [3.63, 3.8) is 0 Å². The van der Waals surface area contributed by atoms with Crippen LogP contribution in [0.25, 0.3) is 0 Å². The Labute approximate surface area is 197 Å². The monoisotopic (exact) mass is 470 g/mol. The molecule has 2 aromatic carbocycles. The number of hydrogen-bond donors (Lipinski definition) is 1. The molecule has 6 nitrogen and oxygen atoms in total. The molecule has 1 N–H and O–H groups in total. The van der Waals surface area contributed by atoms with Crippen molar-refractivity contribution >= 4 is 21.6 Å². The highest BCUT2D eigenvalue weighted by Crippen LogP contribution is 2.40. The molecule has 7 heteroatoms. The van der Waals surface area contributed by atoms with Crippen LogP contribution in [0.4, 0.5) is 5.69 Å². The number of hydrogen-bond acceptors (Lipinski definition) is 4. The predicted octanol–water partition coefficient (Wildman–Crippen LogP) is 4.78. The number of fused-ring (bicyclic) bond motifs is 1. The van der Waals surface area contributed by atoms with Gasteiger partial charge in [0, 0.05) is 6.04 Å². The van der Waals surface area contributed by atoms with E-state index in [1.165, 1.54) is 17.1 Å². The van der Waals surface area contributed by atoms with Gasteiger partial charge in [-0.2, -0.15) is 0 Å². The van der Waals surface area contributed by atoms with Gasteiger partial charge in [-0.15, -0.1) is 0 Å². The topological polar surface area (TPSA) is 75.7 Å². The number of sulfonamides is 1. The van der Waals surface area contributed by atoms with Crippen LogP contribution < -0.4 is 14.4 Å². The summed E-state index contributed by atoms with van der Waals surface area (Å²) in [6.07, 6.45) is 5.59. The first-order chi connectivity index (χ1) is 15.7. The molecule has 0 radical (unpaired) electrons. The van der Waals surface area contributed by atoms with E-state index in [2.05, 4.69) is 26.1 Å². The zero-order valence-corrected chi connectivity index (χ0v) is 20.5. The highest BCUT2D eigenvalue weighted by molar-refractivity contribution is 7.92. The summed E-state index contributed by atoms with van der Waals surface area (Å²) in [6.45, 7) is 6.18. The first-order valence-electron chi connectivity index (χ1n) is 11.9. The summed E-state index contributed by atoms with van der Waals surface area (Å²) in [5.74, 6) is 0.162. The lowest BCUT2D eigenvalue weighted by atomic mass is 9.86. The van der Waals surface area contributed by atoms with Crippen LogP contribution in [0.2, 0.25) is 0 Å². The van der Waals surface area contributed by atoms with Crippen LogP contribution in [-0.2, 0) is 20.2 Å². The molecule has 0 saturated heterocycles. The van der Waals surface area contributed by atoms with Gasteiger partial charge in [-0.05, 0) is 48.1 Å². The molecule has 1 unspecified atom stereocenters. The number of anilines is 1. The van der Waals surface area contributed by atoms with Crippen molar-refractivity contribution in [3.05, 3.63) is 54.1 Å². The van der Waals surface area contributed by atoms with E-state index in [9.17, 15) is 13.2 Å².